The van der Waals surface area contributed by atoms with E-state index in [1.54, 1.807) is 14.2 Å². The highest BCUT2D eigenvalue weighted by Crippen LogP contribution is 2.24. The molecular weight excluding hydrogens is 142 g/mol. The third kappa shape index (κ3) is 2.15. The van der Waals surface area contributed by atoms with Crippen molar-refractivity contribution in [2.75, 3.05) is 27.3 Å². The van der Waals surface area contributed by atoms with Gasteiger partial charge in [-0.3, -0.25) is 0 Å². The second-order valence-corrected chi connectivity index (χ2v) is 3.27. The van der Waals surface area contributed by atoms with Gasteiger partial charge in [0.2, 0.25) is 0 Å². The lowest BCUT2D eigenvalue weighted by Crippen LogP contribution is -2.43. The van der Waals surface area contributed by atoms with E-state index >= 15 is 0 Å². The molecule has 1 aliphatic heterocycles. The van der Waals surface area contributed by atoms with E-state index in [9.17, 15) is 0 Å². The van der Waals surface area contributed by atoms with Crippen molar-refractivity contribution in [3.8, 4) is 0 Å². The second-order valence-electron chi connectivity index (χ2n) is 3.27. The van der Waals surface area contributed by atoms with Gasteiger partial charge in [0.1, 0.15) is 0 Å². The van der Waals surface area contributed by atoms with Gasteiger partial charge in [-0.1, -0.05) is 0 Å². The Morgan fingerprint density at radius 2 is 1.73 bits per heavy atom. The third-order valence-corrected chi connectivity index (χ3v) is 2.53. The standard InChI is InChI=1S/C8H17NO2/c1-8(10-2)4-6-9(11-3)7-5-8/h4-7H2,1-3H3. The van der Waals surface area contributed by atoms with Crippen LogP contribution < -0.4 is 0 Å². The molecule has 0 unspecified atom stereocenters. The van der Waals surface area contributed by atoms with Crippen LogP contribution in [-0.2, 0) is 9.57 Å². The highest BCUT2D eigenvalue weighted by atomic mass is 16.7. The van der Waals surface area contributed by atoms with Crippen LogP contribution in [0.5, 0.6) is 0 Å². The van der Waals surface area contributed by atoms with Gasteiger partial charge in [-0.15, -0.1) is 0 Å². The molecule has 3 nitrogen and oxygen atoms in total. The van der Waals surface area contributed by atoms with E-state index in [-0.39, 0.29) is 5.60 Å². The van der Waals surface area contributed by atoms with Crippen molar-refractivity contribution in [3.05, 3.63) is 0 Å². The van der Waals surface area contributed by atoms with E-state index < -0.39 is 0 Å². The number of rotatable bonds is 2. The van der Waals surface area contributed by atoms with Crippen molar-refractivity contribution >= 4 is 0 Å². The molecule has 0 aromatic heterocycles. The fraction of sp³-hybridized carbons (Fsp3) is 1.00. The summed E-state index contributed by atoms with van der Waals surface area (Å²) in [4.78, 5) is 5.11. The molecule has 3 heteroatoms. The van der Waals surface area contributed by atoms with E-state index in [2.05, 4.69) is 6.92 Å². The van der Waals surface area contributed by atoms with Crippen molar-refractivity contribution in [1.29, 1.82) is 0 Å². The molecular formula is C8H17NO2. The topological polar surface area (TPSA) is 21.7 Å². The van der Waals surface area contributed by atoms with Crippen LogP contribution in [0.15, 0.2) is 0 Å². The Labute approximate surface area is 68.2 Å². The van der Waals surface area contributed by atoms with Crippen molar-refractivity contribution < 1.29 is 9.57 Å². The number of piperidine rings is 1. The van der Waals surface area contributed by atoms with E-state index in [4.69, 9.17) is 9.57 Å². The number of hydroxylamine groups is 2. The molecule has 1 fully saturated rings. The van der Waals surface area contributed by atoms with Crippen LogP contribution in [0.1, 0.15) is 19.8 Å². The average Bonchev–Trinajstić information content (AvgIpc) is 2.06. The van der Waals surface area contributed by atoms with Crippen molar-refractivity contribution in [2.45, 2.75) is 25.4 Å². The highest BCUT2D eigenvalue weighted by Gasteiger charge is 2.29. The molecule has 0 atom stereocenters. The first-order valence-electron chi connectivity index (χ1n) is 4.04. The minimum atomic E-state index is 0.0784. The molecule has 0 N–H and O–H groups in total. The van der Waals surface area contributed by atoms with Gasteiger partial charge >= 0.3 is 0 Å². The van der Waals surface area contributed by atoms with Crippen LogP contribution in [0, 0.1) is 0 Å². The van der Waals surface area contributed by atoms with Gasteiger partial charge in [0, 0.05) is 20.2 Å². The molecule has 0 aromatic carbocycles. The maximum absolute atomic E-state index is 5.39. The fourth-order valence-corrected chi connectivity index (χ4v) is 1.35. The Balaban J connectivity index is 2.35. The molecule has 0 bridgehead atoms. The smallest absolute Gasteiger partial charge is 0.0676 e. The van der Waals surface area contributed by atoms with Crippen LogP contribution in [0.3, 0.4) is 0 Å². The number of nitrogens with zero attached hydrogens (tertiary/aromatic N) is 1. The van der Waals surface area contributed by atoms with Crippen LogP contribution >= 0.6 is 0 Å². The van der Waals surface area contributed by atoms with E-state index in [1.165, 1.54) is 0 Å². The van der Waals surface area contributed by atoms with Crippen LogP contribution in [0.4, 0.5) is 0 Å². The first-order valence-corrected chi connectivity index (χ1v) is 4.04. The summed E-state index contributed by atoms with van der Waals surface area (Å²) in [5.74, 6) is 0. The Morgan fingerprint density at radius 3 is 2.09 bits per heavy atom. The molecule has 0 aromatic rings. The normalized spacial score (nSPS) is 25.4. The third-order valence-electron chi connectivity index (χ3n) is 2.53. The van der Waals surface area contributed by atoms with Crippen molar-refractivity contribution in [1.82, 2.24) is 5.06 Å². The molecule has 66 valence electrons. The predicted octanol–water partition coefficient (Wildman–Crippen LogP) is 1.05. The predicted molar refractivity (Wildman–Crippen MR) is 43.2 cm³/mol. The largest absolute Gasteiger partial charge is 0.378 e. The summed E-state index contributed by atoms with van der Waals surface area (Å²) in [5.41, 5.74) is 0.0784. The van der Waals surface area contributed by atoms with Crippen LogP contribution in [0.2, 0.25) is 0 Å². The minimum absolute atomic E-state index is 0.0784. The SMILES string of the molecule is CON1CCC(C)(OC)CC1. The molecule has 0 amide bonds. The Morgan fingerprint density at radius 1 is 1.18 bits per heavy atom. The quantitative estimate of drug-likeness (QED) is 0.601. The Bertz CT molecular complexity index is 119. The van der Waals surface area contributed by atoms with Crippen molar-refractivity contribution in [3.63, 3.8) is 0 Å². The summed E-state index contributed by atoms with van der Waals surface area (Å²) in [7, 11) is 3.50. The van der Waals surface area contributed by atoms with Crippen LogP contribution in [0.25, 0.3) is 0 Å². The summed E-state index contributed by atoms with van der Waals surface area (Å²) < 4.78 is 5.39. The van der Waals surface area contributed by atoms with E-state index in [0.29, 0.717) is 0 Å². The van der Waals surface area contributed by atoms with Gasteiger partial charge in [-0.25, -0.2) is 0 Å². The molecule has 1 aliphatic rings. The zero-order valence-electron chi connectivity index (χ0n) is 7.59. The second kappa shape index (κ2) is 3.52. The van der Waals surface area contributed by atoms with Crippen LogP contribution in [-0.4, -0.2) is 38.0 Å². The lowest BCUT2D eigenvalue weighted by Gasteiger charge is -2.36. The zero-order valence-corrected chi connectivity index (χ0v) is 7.59. The van der Waals surface area contributed by atoms with Gasteiger partial charge in [0.05, 0.1) is 12.7 Å². The monoisotopic (exact) mass is 159 g/mol. The Hall–Kier alpha value is -0.120. The zero-order chi connectivity index (χ0) is 8.32. The van der Waals surface area contributed by atoms with Gasteiger partial charge < -0.3 is 9.57 Å². The molecule has 0 radical (unpaired) electrons. The van der Waals surface area contributed by atoms with Crippen molar-refractivity contribution in [2.24, 2.45) is 0 Å². The molecule has 1 rings (SSSR count). The number of ether oxygens (including phenoxy) is 1. The number of hydrogen-bond donors (Lipinski definition) is 0. The summed E-state index contributed by atoms with van der Waals surface area (Å²) in [6, 6.07) is 0. The summed E-state index contributed by atoms with van der Waals surface area (Å²) >= 11 is 0. The number of hydrogen-bond acceptors (Lipinski definition) is 3. The summed E-state index contributed by atoms with van der Waals surface area (Å²) in [6.45, 7) is 4.10. The molecule has 1 saturated heterocycles. The van der Waals surface area contributed by atoms with Gasteiger partial charge in [-0.05, 0) is 19.8 Å². The maximum atomic E-state index is 5.39. The van der Waals surface area contributed by atoms with E-state index in [0.717, 1.165) is 25.9 Å². The molecule has 0 aliphatic carbocycles. The maximum Gasteiger partial charge on any atom is 0.0676 e. The van der Waals surface area contributed by atoms with Gasteiger partial charge in [-0.2, -0.15) is 5.06 Å². The molecule has 1 heterocycles. The fourth-order valence-electron chi connectivity index (χ4n) is 1.35. The van der Waals surface area contributed by atoms with Gasteiger partial charge in [0.25, 0.3) is 0 Å². The molecule has 0 spiro atoms. The summed E-state index contributed by atoms with van der Waals surface area (Å²) in [6.07, 6.45) is 2.11. The minimum Gasteiger partial charge on any atom is -0.378 e. The summed E-state index contributed by atoms with van der Waals surface area (Å²) in [5, 5.41) is 1.97. The number of methoxy groups -OCH3 is 1. The Kier molecular flexibility index (Phi) is 2.87. The van der Waals surface area contributed by atoms with Gasteiger partial charge in [0.15, 0.2) is 0 Å². The average molecular weight is 159 g/mol. The molecule has 11 heavy (non-hydrogen) atoms. The molecule has 0 saturated carbocycles. The lowest BCUT2D eigenvalue weighted by atomic mass is 9.94. The van der Waals surface area contributed by atoms with E-state index in [1.807, 2.05) is 5.06 Å². The first kappa shape index (κ1) is 8.97. The first-order chi connectivity index (χ1) is 5.20. The highest BCUT2D eigenvalue weighted by molar-refractivity contribution is 4.80. The lowest BCUT2D eigenvalue weighted by molar-refractivity contribution is -0.175.